The Morgan fingerprint density at radius 3 is 2.45 bits per heavy atom. The van der Waals surface area contributed by atoms with E-state index in [9.17, 15) is 4.79 Å². The molecule has 0 unspecified atom stereocenters. The third-order valence-electron chi connectivity index (χ3n) is 2.98. The first-order valence-corrected chi connectivity index (χ1v) is 7.19. The van der Waals surface area contributed by atoms with Gasteiger partial charge in [-0.3, -0.25) is 4.79 Å². The van der Waals surface area contributed by atoms with Crippen molar-refractivity contribution >= 4 is 11.7 Å². The highest BCUT2D eigenvalue weighted by Gasteiger charge is 2.10. The molecule has 0 aromatic heterocycles. The summed E-state index contributed by atoms with van der Waals surface area (Å²) in [7, 11) is 0. The molecule has 0 aliphatic carbocycles. The lowest BCUT2D eigenvalue weighted by molar-refractivity contribution is -0.136. The molecule has 0 atom stereocenters. The van der Waals surface area contributed by atoms with Crippen molar-refractivity contribution in [2.24, 2.45) is 5.84 Å². The number of hydrogen-bond donors (Lipinski definition) is 2. The molecule has 0 aliphatic heterocycles. The van der Waals surface area contributed by atoms with Gasteiger partial charge in [0.15, 0.2) is 0 Å². The van der Waals surface area contributed by atoms with Gasteiger partial charge in [0, 0.05) is 0 Å². The Bertz CT molecular complexity index is 597. The number of carboxylic acids is 1. The van der Waals surface area contributed by atoms with Gasteiger partial charge in [0.05, 0.1) is 18.7 Å². The van der Waals surface area contributed by atoms with E-state index in [1.54, 1.807) is 11.1 Å². The number of aliphatic carboxylic acids is 1. The van der Waals surface area contributed by atoms with Gasteiger partial charge < -0.3 is 10.1 Å². The van der Waals surface area contributed by atoms with Crippen LogP contribution in [0.4, 0.5) is 5.69 Å². The molecule has 4 nitrogen and oxygen atoms in total. The first-order chi connectivity index (χ1) is 10.4. The number of carboxylic acid groups (broad SMARTS) is 1. The topological polar surface area (TPSA) is 66.6 Å². The number of rotatable bonds is 7. The van der Waals surface area contributed by atoms with Gasteiger partial charge in [-0.15, -0.1) is 0 Å². The third kappa shape index (κ3) is 6.41. The maximum atomic E-state index is 10.9. The highest BCUT2D eigenvalue weighted by atomic mass is 16.4. The van der Waals surface area contributed by atoms with E-state index in [4.69, 9.17) is 10.9 Å². The highest BCUT2D eigenvalue weighted by molar-refractivity contribution is 5.73. The van der Waals surface area contributed by atoms with Crippen molar-refractivity contribution in [1.29, 1.82) is 0 Å². The van der Waals surface area contributed by atoms with Crippen LogP contribution in [0.3, 0.4) is 0 Å². The summed E-state index contributed by atoms with van der Waals surface area (Å²) in [5, 5.41) is 10.5. The van der Waals surface area contributed by atoms with Gasteiger partial charge in [-0.1, -0.05) is 53.6 Å². The molecule has 0 amide bonds. The number of para-hydroxylation sites is 1. The highest BCUT2D eigenvalue weighted by Crippen LogP contribution is 2.19. The summed E-state index contributed by atoms with van der Waals surface area (Å²) in [6.45, 7) is 6.62. The summed E-state index contributed by atoms with van der Waals surface area (Å²) in [6, 6.07) is 7.30. The second kappa shape index (κ2) is 8.85. The van der Waals surface area contributed by atoms with Crippen LogP contribution >= 0.6 is 0 Å². The second-order valence-electron chi connectivity index (χ2n) is 5.47. The van der Waals surface area contributed by atoms with Crippen LogP contribution in [-0.2, 0) is 11.2 Å². The van der Waals surface area contributed by atoms with Gasteiger partial charge in [-0.25, -0.2) is 5.84 Å². The Labute approximate surface area is 132 Å². The van der Waals surface area contributed by atoms with E-state index in [-0.39, 0.29) is 6.42 Å². The molecule has 1 aromatic rings. The monoisotopic (exact) mass is 300 g/mol. The van der Waals surface area contributed by atoms with Crippen LogP contribution in [0, 0.1) is 0 Å². The maximum absolute atomic E-state index is 10.9. The lowest BCUT2D eigenvalue weighted by atomic mass is 10.1. The molecule has 0 aliphatic rings. The van der Waals surface area contributed by atoms with E-state index in [0.717, 1.165) is 11.3 Å². The molecule has 1 rings (SSSR count). The molecule has 118 valence electrons. The zero-order valence-electron chi connectivity index (χ0n) is 13.4. The van der Waals surface area contributed by atoms with Gasteiger partial charge in [0.25, 0.3) is 0 Å². The first kappa shape index (κ1) is 17.7. The van der Waals surface area contributed by atoms with Crippen LogP contribution in [0.25, 0.3) is 0 Å². The number of nitrogens with zero attached hydrogens (tertiary/aromatic N) is 1. The fourth-order valence-electron chi connectivity index (χ4n) is 1.98. The summed E-state index contributed by atoms with van der Waals surface area (Å²) >= 11 is 0. The van der Waals surface area contributed by atoms with Crippen molar-refractivity contribution in [2.75, 3.05) is 11.6 Å². The molecule has 0 saturated carbocycles. The minimum Gasteiger partial charge on any atom is -0.481 e. The first-order valence-electron chi connectivity index (χ1n) is 7.19. The van der Waals surface area contributed by atoms with Crippen molar-refractivity contribution in [3.8, 4) is 0 Å². The van der Waals surface area contributed by atoms with Crippen molar-refractivity contribution in [2.45, 2.75) is 27.2 Å². The van der Waals surface area contributed by atoms with E-state index < -0.39 is 5.97 Å². The number of benzene rings is 1. The fourth-order valence-corrected chi connectivity index (χ4v) is 1.98. The Kier molecular flexibility index (Phi) is 7.13. The summed E-state index contributed by atoms with van der Waals surface area (Å²) in [6.07, 6.45) is 7.95. The van der Waals surface area contributed by atoms with Crippen molar-refractivity contribution < 1.29 is 9.90 Å². The van der Waals surface area contributed by atoms with E-state index in [1.807, 2.05) is 63.3 Å². The predicted octanol–water partition coefficient (Wildman–Crippen LogP) is 3.46. The van der Waals surface area contributed by atoms with E-state index >= 15 is 0 Å². The average molecular weight is 300 g/mol. The number of nitrogens with two attached hydrogens (primary N) is 1. The minimum atomic E-state index is -0.863. The third-order valence-corrected chi connectivity index (χ3v) is 2.98. The molecular formula is C18H24N2O2. The molecule has 3 N–H and O–H groups in total. The van der Waals surface area contributed by atoms with E-state index in [1.165, 1.54) is 5.57 Å². The molecule has 0 radical (unpaired) electrons. The number of allylic oxidation sites excluding steroid dienone is 5. The molecule has 0 bridgehead atoms. The van der Waals surface area contributed by atoms with Crippen LogP contribution < -0.4 is 10.9 Å². The quantitative estimate of drug-likeness (QED) is 0.460. The SMILES string of the molecule is CC(C)=C/C=C\C=C(/C)CN(N)c1ccccc1CC(=O)O. The maximum Gasteiger partial charge on any atom is 0.307 e. The van der Waals surface area contributed by atoms with Gasteiger partial charge in [0.2, 0.25) is 0 Å². The molecule has 4 heteroatoms. The average Bonchev–Trinajstić information content (AvgIpc) is 2.43. The fraction of sp³-hybridized carbons (Fsp3) is 0.278. The molecule has 0 saturated heterocycles. The Morgan fingerprint density at radius 2 is 1.82 bits per heavy atom. The minimum absolute atomic E-state index is 0.0346. The number of anilines is 1. The van der Waals surface area contributed by atoms with Gasteiger partial charge in [-0.05, 0) is 32.4 Å². The molecule has 0 heterocycles. The van der Waals surface area contributed by atoms with E-state index in [0.29, 0.717) is 12.1 Å². The molecule has 22 heavy (non-hydrogen) atoms. The largest absolute Gasteiger partial charge is 0.481 e. The van der Waals surface area contributed by atoms with Crippen LogP contribution in [0.1, 0.15) is 26.3 Å². The molecule has 1 aromatic carbocycles. The zero-order chi connectivity index (χ0) is 16.5. The molecular weight excluding hydrogens is 276 g/mol. The number of hydrogen-bond acceptors (Lipinski definition) is 3. The zero-order valence-corrected chi connectivity index (χ0v) is 13.4. The van der Waals surface area contributed by atoms with E-state index in [2.05, 4.69) is 0 Å². The summed E-state index contributed by atoms with van der Waals surface area (Å²) < 4.78 is 0. The Balaban J connectivity index is 2.78. The van der Waals surface area contributed by atoms with Crippen LogP contribution in [0.15, 0.2) is 59.7 Å². The van der Waals surface area contributed by atoms with Crippen LogP contribution in [-0.4, -0.2) is 17.6 Å². The second-order valence-corrected chi connectivity index (χ2v) is 5.47. The number of hydrazine groups is 1. The predicted molar refractivity (Wildman–Crippen MR) is 91.6 cm³/mol. The Morgan fingerprint density at radius 1 is 1.18 bits per heavy atom. The van der Waals surface area contributed by atoms with Gasteiger partial charge in [0.1, 0.15) is 0 Å². The van der Waals surface area contributed by atoms with Crippen LogP contribution in [0.2, 0.25) is 0 Å². The number of carbonyl (C=O) groups is 1. The van der Waals surface area contributed by atoms with Gasteiger partial charge in [-0.2, -0.15) is 0 Å². The standard InChI is InChI=1S/C18H24N2O2/c1-14(2)8-4-5-9-15(3)13-20(19)17-11-7-6-10-16(17)12-18(21)22/h4-11H,12-13,19H2,1-3H3,(H,21,22)/b5-4-,15-9+. The van der Waals surface area contributed by atoms with Crippen molar-refractivity contribution in [3.63, 3.8) is 0 Å². The van der Waals surface area contributed by atoms with Crippen LogP contribution in [0.5, 0.6) is 0 Å². The van der Waals surface area contributed by atoms with Crippen molar-refractivity contribution in [1.82, 2.24) is 0 Å². The van der Waals surface area contributed by atoms with Crippen molar-refractivity contribution in [3.05, 3.63) is 65.3 Å². The summed E-state index contributed by atoms with van der Waals surface area (Å²) in [5.74, 6) is 5.23. The summed E-state index contributed by atoms with van der Waals surface area (Å²) in [5.41, 5.74) is 3.78. The molecule has 0 fully saturated rings. The lowest BCUT2D eigenvalue weighted by Crippen LogP contribution is -2.33. The lowest BCUT2D eigenvalue weighted by Gasteiger charge is -2.21. The van der Waals surface area contributed by atoms with Gasteiger partial charge >= 0.3 is 5.97 Å². The summed E-state index contributed by atoms with van der Waals surface area (Å²) in [4.78, 5) is 10.9. The Hall–Kier alpha value is -2.33. The molecule has 0 spiro atoms. The smallest absolute Gasteiger partial charge is 0.307 e. The normalized spacial score (nSPS) is 11.5.